The molecule has 2 N–H and O–H groups in total. The van der Waals surface area contributed by atoms with E-state index in [4.69, 9.17) is 0 Å². The van der Waals surface area contributed by atoms with Crippen LogP contribution in [0, 0.1) is 5.41 Å². The van der Waals surface area contributed by atoms with Crippen LogP contribution in [0.15, 0.2) is 29.2 Å². The highest BCUT2D eigenvalue weighted by atomic mass is 32.2. The number of amides is 2. The van der Waals surface area contributed by atoms with Crippen LogP contribution in [-0.2, 0) is 6.54 Å². The second-order valence-electron chi connectivity index (χ2n) is 6.44. The number of urea groups is 1. The summed E-state index contributed by atoms with van der Waals surface area (Å²) >= 11 is 1.78. The molecule has 1 aromatic carbocycles. The summed E-state index contributed by atoms with van der Waals surface area (Å²) in [6.45, 7) is 10.8. The fraction of sp³-hybridized carbons (Fsp3) is 0.562. The normalized spacial score (nSPS) is 16.4. The van der Waals surface area contributed by atoms with Crippen molar-refractivity contribution in [2.24, 2.45) is 5.41 Å². The van der Waals surface area contributed by atoms with Crippen LogP contribution in [0.2, 0.25) is 0 Å². The first-order valence-corrected chi connectivity index (χ1v) is 8.22. The molecule has 1 aliphatic heterocycles. The van der Waals surface area contributed by atoms with Crippen LogP contribution in [-0.4, -0.2) is 29.5 Å². The predicted molar refractivity (Wildman–Crippen MR) is 88.2 cm³/mol. The summed E-state index contributed by atoms with van der Waals surface area (Å²) in [7, 11) is 0. The Morgan fingerprint density at radius 1 is 1.38 bits per heavy atom. The molecule has 0 fully saturated rings. The fourth-order valence-corrected chi connectivity index (χ4v) is 3.39. The summed E-state index contributed by atoms with van der Waals surface area (Å²) in [5.74, 6) is 0. The number of rotatable bonds is 4. The Hall–Kier alpha value is -1.20. The number of hydrogen-bond acceptors (Lipinski definition) is 3. The van der Waals surface area contributed by atoms with E-state index in [0.717, 1.165) is 13.1 Å². The van der Waals surface area contributed by atoms with Crippen molar-refractivity contribution in [3.63, 3.8) is 0 Å². The summed E-state index contributed by atoms with van der Waals surface area (Å²) in [6.07, 6.45) is 0. The van der Waals surface area contributed by atoms with Crippen LogP contribution < -0.4 is 10.6 Å². The smallest absolute Gasteiger partial charge is 0.315 e. The Bertz CT molecular complexity index is 474. The van der Waals surface area contributed by atoms with Gasteiger partial charge in [-0.1, -0.05) is 39.0 Å². The molecule has 21 heavy (non-hydrogen) atoms. The molecule has 0 aliphatic carbocycles. The Kier molecular flexibility index (Phi) is 5.17. The topological polar surface area (TPSA) is 44.4 Å². The van der Waals surface area contributed by atoms with E-state index in [1.807, 2.05) is 6.92 Å². The third-order valence-electron chi connectivity index (χ3n) is 3.62. The average Bonchev–Trinajstić information content (AvgIpc) is 2.79. The second kappa shape index (κ2) is 6.71. The Morgan fingerprint density at radius 3 is 2.71 bits per heavy atom. The summed E-state index contributed by atoms with van der Waals surface area (Å²) in [4.78, 5) is 13.2. The average molecular weight is 307 g/mol. The van der Waals surface area contributed by atoms with Gasteiger partial charge in [0.05, 0.1) is 0 Å². The largest absolute Gasteiger partial charge is 0.338 e. The molecular formula is C16H25N3OS. The van der Waals surface area contributed by atoms with Gasteiger partial charge in [0.2, 0.25) is 0 Å². The van der Waals surface area contributed by atoms with Crippen LogP contribution in [0.4, 0.5) is 4.79 Å². The molecule has 2 amide bonds. The summed E-state index contributed by atoms with van der Waals surface area (Å²) in [6, 6.07) is 8.50. The quantitative estimate of drug-likeness (QED) is 0.839. The SMILES string of the molecule is CCNC(=O)NC(CN1Cc2ccccc2S1)C(C)(C)C. The molecule has 1 aliphatic rings. The lowest BCUT2D eigenvalue weighted by atomic mass is 9.86. The van der Waals surface area contributed by atoms with E-state index in [1.165, 1.54) is 10.5 Å². The molecule has 0 saturated carbocycles. The van der Waals surface area contributed by atoms with Crippen molar-refractivity contribution in [3.8, 4) is 0 Å². The molecule has 0 saturated heterocycles. The van der Waals surface area contributed by atoms with Crippen molar-refractivity contribution >= 4 is 18.0 Å². The van der Waals surface area contributed by atoms with Gasteiger partial charge in [0.25, 0.3) is 0 Å². The van der Waals surface area contributed by atoms with Crippen LogP contribution in [0.25, 0.3) is 0 Å². The first-order chi connectivity index (χ1) is 9.90. The maximum absolute atomic E-state index is 11.8. The van der Waals surface area contributed by atoms with E-state index in [1.54, 1.807) is 11.9 Å². The minimum Gasteiger partial charge on any atom is -0.338 e. The summed E-state index contributed by atoms with van der Waals surface area (Å²) in [5, 5.41) is 5.92. The van der Waals surface area contributed by atoms with Crippen LogP contribution in [0.5, 0.6) is 0 Å². The predicted octanol–water partition coefficient (Wildman–Crippen LogP) is 3.24. The van der Waals surface area contributed by atoms with Gasteiger partial charge in [-0.2, -0.15) is 0 Å². The van der Waals surface area contributed by atoms with Crippen molar-refractivity contribution in [1.29, 1.82) is 0 Å². The minimum atomic E-state index is -0.0841. The maximum atomic E-state index is 11.8. The van der Waals surface area contributed by atoms with Crippen molar-refractivity contribution in [3.05, 3.63) is 29.8 Å². The molecule has 1 unspecified atom stereocenters. The molecule has 1 heterocycles. The highest BCUT2D eigenvalue weighted by molar-refractivity contribution is 7.97. The number of carbonyl (C=O) groups is 1. The molecule has 4 nitrogen and oxygen atoms in total. The van der Waals surface area contributed by atoms with Gasteiger partial charge in [-0.15, -0.1) is 0 Å². The lowest BCUT2D eigenvalue weighted by molar-refractivity contribution is 0.206. The fourth-order valence-electron chi connectivity index (χ4n) is 2.30. The van der Waals surface area contributed by atoms with E-state index in [0.29, 0.717) is 6.54 Å². The Labute approximate surface area is 131 Å². The maximum Gasteiger partial charge on any atom is 0.315 e. The van der Waals surface area contributed by atoms with Crippen molar-refractivity contribution in [2.45, 2.75) is 45.2 Å². The molecule has 0 bridgehead atoms. The van der Waals surface area contributed by atoms with Gasteiger partial charge in [0, 0.05) is 30.6 Å². The van der Waals surface area contributed by atoms with Gasteiger partial charge >= 0.3 is 6.03 Å². The number of hydrogen-bond donors (Lipinski definition) is 2. The molecule has 0 aromatic heterocycles. The van der Waals surface area contributed by atoms with Gasteiger partial charge < -0.3 is 10.6 Å². The van der Waals surface area contributed by atoms with E-state index >= 15 is 0 Å². The molecule has 0 spiro atoms. The molecule has 0 radical (unpaired) electrons. The molecule has 1 aromatic rings. The van der Waals surface area contributed by atoms with Crippen molar-refractivity contribution < 1.29 is 4.79 Å². The number of nitrogens with zero attached hydrogens (tertiary/aromatic N) is 1. The first kappa shape index (κ1) is 16.2. The van der Waals surface area contributed by atoms with Gasteiger partial charge in [0.15, 0.2) is 0 Å². The Balaban J connectivity index is 1.99. The van der Waals surface area contributed by atoms with Gasteiger partial charge in [-0.25, -0.2) is 9.10 Å². The third-order valence-corrected chi connectivity index (χ3v) is 4.75. The van der Waals surface area contributed by atoms with Gasteiger partial charge in [-0.05, 0) is 35.9 Å². The molecule has 5 heteroatoms. The van der Waals surface area contributed by atoms with E-state index in [9.17, 15) is 4.79 Å². The van der Waals surface area contributed by atoms with Crippen molar-refractivity contribution in [1.82, 2.24) is 14.9 Å². The molecular weight excluding hydrogens is 282 g/mol. The number of fused-ring (bicyclic) bond motifs is 1. The zero-order valence-electron chi connectivity index (χ0n) is 13.3. The first-order valence-electron chi connectivity index (χ1n) is 7.45. The summed E-state index contributed by atoms with van der Waals surface area (Å²) < 4.78 is 2.33. The zero-order valence-corrected chi connectivity index (χ0v) is 14.1. The highest BCUT2D eigenvalue weighted by Crippen LogP contribution is 2.36. The molecule has 116 valence electrons. The lowest BCUT2D eigenvalue weighted by Gasteiger charge is -2.34. The summed E-state index contributed by atoms with van der Waals surface area (Å²) in [5.41, 5.74) is 1.38. The van der Waals surface area contributed by atoms with E-state index < -0.39 is 0 Å². The number of benzene rings is 1. The van der Waals surface area contributed by atoms with Crippen LogP contribution in [0.3, 0.4) is 0 Å². The Morgan fingerprint density at radius 2 is 2.10 bits per heavy atom. The lowest BCUT2D eigenvalue weighted by Crippen LogP contribution is -2.52. The van der Waals surface area contributed by atoms with Gasteiger partial charge in [0.1, 0.15) is 0 Å². The zero-order chi connectivity index (χ0) is 15.5. The highest BCUT2D eigenvalue weighted by Gasteiger charge is 2.30. The van der Waals surface area contributed by atoms with Crippen molar-refractivity contribution in [2.75, 3.05) is 13.1 Å². The number of nitrogens with one attached hydrogen (secondary N) is 2. The second-order valence-corrected chi connectivity index (χ2v) is 7.58. The van der Waals surface area contributed by atoms with Crippen LogP contribution in [0.1, 0.15) is 33.3 Å². The number of carbonyl (C=O) groups excluding carboxylic acids is 1. The van der Waals surface area contributed by atoms with E-state index in [2.05, 4.69) is 60.0 Å². The third kappa shape index (κ3) is 4.38. The van der Waals surface area contributed by atoms with Gasteiger partial charge in [-0.3, -0.25) is 0 Å². The minimum absolute atomic E-state index is 0.0143. The van der Waals surface area contributed by atoms with Crippen LogP contribution >= 0.6 is 11.9 Å². The molecule has 1 atom stereocenters. The van der Waals surface area contributed by atoms with E-state index in [-0.39, 0.29) is 17.5 Å². The molecule has 2 rings (SSSR count). The monoisotopic (exact) mass is 307 g/mol. The standard InChI is InChI=1S/C16H25N3OS/c1-5-17-15(20)18-14(16(2,3)4)11-19-10-12-8-6-7-9-13(12)21-19/h6-9,14H,5,10-11H2,1-4H3,(H2,17,18,20).